The van der Waals surface area contributed by atoms with E-state index >= 15 is 0 Å². The molecule has 0 aliphatic carbocycles. The van der Waals surface area contributed by atoms with E-state index in [4.69, 9.17) is 0 Å². The molecule has 0 aliphatic rings. The molecule has 0 amide bonds. The monoisotopic (exact) mass is 556 g/mol. The lowest BCUT2D eigenvalue weighted by molar-refractivity contribution is -0.597. The Bertz CT molecular complexity index is 1120. The Balaban J connectivity index is 0.000000220. The Kier molecular flexibility index (Phi) is 8.19. The zero-order chi connectivity index (χ0) is 23.2. The van der Waals surface area contributed by atoms with Crippen molar-refractivity contribution in [3.63, 3.8) is 0 Å². The van der Waals surface area contributed by atoms with Crippen LogP contribution >= 0.6 is 0 Å². The molecule has 0 bridgehead atoms. The van der Waals surface area contributed by atoms with Gasteiger partial charge in [-0.15, -0.1) is 0 Å². The Hall–Kier alpha value is -2.90. The third kappa shape index (κ3) is 7.70. The third-order valence-corrected chi connectivity index (χ3v) is 7.32. The van der Waals surface area contributed by atoms with Crippen molar-refractivity contribution in [3.05, 3.63) is 105 Å². The van der Waals surface area contributed by atoms with Gasteiger partial charge in [0, 0.05) is 12.1 Å². The van der Waals surface area contributed by atoms with Gasteiger partial charge >= 0.3 is 21.2 Å². The maximum Gasteiger partial charge on any atom is 0.357 e. The van der Waals surface area contributed by atoms with Crippen molar-refractivity contribution in [2.75, 3.05) is 0 Å². The first kappa shape index (κ1) is 24.4. The molecule has 0 saturated carbocycles. The van der Waals surface area contributed by atoms with E-state index in [2.05, 4.69) is 62.4 Å². The van der Waals surface area contributed by atoms with Gasteiger partial charge in [0.1, 0.15) is 10.1 Å². The number of aryl methyl sites for hydroxylation is 2. The highest BCUT2D eigenvalue weighted by molar-refractivity contribution is 7.85. The van der Waals surface area contributed by atoms with Crippen molar-refractivity contribution < 1.29 is 44.0 Å². The predicted octanol–water partition coefficient (Wildman–Crippen LogP) is 0.839. The number of halogens is 1. The van der Waals surface area contributed by atoms with E-state index in [1.165, 1.54) is 18.3 Å². The van der Waals surface area contributed by atoms with Crippen molar-refractivity contribution in [1.29, 1.82) is 0 Å². The molecule has 0 unspecified atom stereocenters. The number of nitro groups is 2. The molecule has 3 aromatic rings. The minimum atomic E-state index is -4.97. The van der Waals surface area contributed by atoms with Gasteiger partial charge in [-0.1, -0.05) is 35.4 Å². The first-order chi connectivity index (χ1) is 14.5. The van der Waals surface area contributed by atoms with Crippen LogP contribution in [0.3, 0.4) is 0 Å². The predicted molar refractivity (Wildman–Crippen MR) is 107 cm³/mol. The van der Waals surface area contributed by atoms with Gasteiger partial charge in [-0.25, -0.2) is 8.42 Å². The first-order valence-corrected chi connectivity index (χ1v) is 12.2. The quantitative estimate of drug-likeness (QED) is 0.196. The standard InChI is InChI=1S/C14H14I.C6H4N2O7S/c1-11-3-7-13(8-4-11)15-14-9-5-12(2)6-10-14;9-7(10)4-1-5(8(11)12)3-6(2-4)16(13,14)15/h3-10H,1-2H3;1-3H,(H,13,14,15)/q+1;/p-1. The van der Waals surface area contributed by atoms with Gasteiger partial charge in [0.15, 0.2) is 7.14 Å². The fourth-order valence-corrected chi connectivity index (χ4v) is 4.93. The van der Waals surface area contributed by atoms with Crippen LogP contribution in [0, 0.1) is 41.2 Å². The molecular formula is C20H17IN2O7S. The number of hydrogen-bond donors (Lipinski definition) is 0. The topological polar surface area (TPSA) is 143 Å². The van der Waals surface area contributed by atoms with Crippen molar-refractivity contribution in [2.45, 2.75) is 18.7 Å². The summed E-state index contributed by atoms with van der Waals surface area (Å²) in [5.74, 6) is 0. The largest absolute Gasteiger partial charge is 0.744 e. The second-order valence-corrected chi connectivity index (χ2v) is 10.7. The Morgan fingerprint density at radius 1 is 0.710 bits per heavy atom. The molecule has 162 valence electrons. The maximum absolute atomic E-state index is 10.6. The van der Waals surface area contributed by atoms with Gasteiger partial charge in [0.2, 0.25) is 0 Å². The smallest absolute Gasteiger partial charge is 0.357 e. The average Bonchev–Trinajstić information content (AvgIpc) is 2.71. The average molecular weight is 556 g/mol. The van der Waals surface area contributed by atoms with Crippen molar-refractivity contribution in [1.82, 2.24) is 0 Å². The summed E-state index contributed by atoms with van der Waals surface area (Å²) in [7, 11) is -4.97. The number of non-ortho nitro benzene ring substituents is 2. The summed E-state index contributed by atoms with van der Waals surface area (Å²) in [6.45, 7) is 4.27. The lowest BCUT2D eigenvalue weighted by Crippen LogP contribution is -3.61. The van der Waals surface area contributed by atoms with E-state index in [0.29, 0.717) is 18.2 Å². The van der Waals surface area contributed by atoms with Gasteiger partial charge in [-0.05, 0) is 38.1 Å². The van der Waals surface area contributed by atoms with Gasteiger partial charge in [0.25, 0.3) is 11.4 Å². The van der Waals surface area contributed by atoms with Crippen molar-refractivity contribution >= 4 is 21.5 Å². The molecule has 0 heterocycles. The molecule has 3 rings (SSSR count). The second-order valence-electron chi connectivity index (χ2n) is 6.34. The molecule has 0 atom stereocenters. The molecule has 0 fully saturated rings. The van der Waals surface area contributed by atoms with E-state index < -0.39 is 36.2 Å². The van der Waals surface area contributed by atoms with Crippen molar-refractivity contribution in [2.24, 2.45) is 0 Å². The maximum atomic E-state index is 10.6. The van der Waals surface area contributed by atoms with Gasteiger partial charge in [-0.3, -0.25) is 20.2 Å². The van der Waals surface area contributed by atoms with Gasteiger partial charge in [-0.2, -0.15) is 0 Å². The van der Waals surface area contributed by atoms with E-state index in [0.717, 1.165) is 0 Å². The van der Waals surface area contributed by atoms with Gasteiger partial charge in [0.05, 0.1) is 20.8 Å². The highest BCUT2D eigenvalue weighted by atomic mass is 127. The van der Waals surface area contributed by atoms with Crippen LogP contribution in [-0.2, 0) is 10.1 Å². The van der Waals surface area contributed by atoms with E-state index in [-0.39, 0.29) is 21.2 Å². The molecular weight excluding hydrogens is 539 g/mol. The van der Waals surface area contributed by atoms with Crippen LogP contribution in [0.15, 0.2) is 71.6 Å². The van der Waals surface area contributed by atoms with Crippen LogP contribution in [0.1, 0.15) is 11.1 Å². The zero-order valence-corrected chi connectivity index (χ0v) is 19.4. The van der Waals surface area contributed by atoms with Crippen LogP contribution in [0.5, 0.6) is 0 Å². The Labute approximate surface area is 189 Å². The SMILES string of the molecule is Cc1ccc([I+]c2ccc(C)cc2)cc1.O=[N+]([O-])c1cc([N+](=O)[O-])cc(S(=O)(=O)[O-])c1. The van der Waals surface area contributed by atoms with Crippen LogP contribution in [0.4, 0.5) is 11.4 Å². The molecule has 0 N–H and O–H groups in total. The number of rotatable bonds is 5. The summed E-state index contributed by atoms with van der Waals surface area (Å²) in [6.07, 6.45) is 0. The van der Waals surface area contributed by atoms with Crippen LogP contribution in [-0.4, -0.2) is 22.8 Å². The lowest BCUT2D eigenvalue weighted by Gasteiger charge is -2.05. The highest BCUT2D eigenvalue weighted by Crippen LogP contribution is 2.25. The number of benzene rings is 3. The summed E-state index contributed by atoms with van der Waals surface area (Å²) in [5.41, 5.74) is 1.02. The summed E-state index contributed by atoms with van der Waals surface area (Å²) < 4.78 is 34.7. The zero-order valence-electron chi connectivity index (χ0n) is 16.4. The molecule has 0 aliphatic heterocycles. The molecule has 0 saturated heterocycles. The third-order valence-electron chi connectivity index (χ3n) is 3.83. The molecule has 9 nitrogen and oxygen atoms in total. The Morgan fingerprint density at radius 3 is 1.35 bits per heavy atom. The van der Waals surface area contributed by atoms with Crippen LogP contribution in [0.25, 0.3) is 0 Å². The summed E-state index contributed by atoms with van der Waals surface area (Å²) in [5, 5.41) is 20.7. The minimum absolute atomic E-state index is 0.00313. The number of nitro benzene ring substituents is 2. The minimum Gasteiger partial charge on any atom is -0.744 e. The second kappa shape index (κ2) is 10.4. The first-order valence-electron chi connectivity index (χ1n) is 8.63. The molecule has 31 heavy (non-hydrogen) atoms. The summed E-state index contributed by atoms with van der Waals surface area (Å²) in [4.78, 5) is 17.6. The highest BCUT2D eigenvalue weighted by Gasteiger charge is 2.19. The number of nitrogens with zero attached hydrogens (tertiary/aromatic N) is 2. The molecule has 0 spiro atoms. The molecule has 3 aromatic carbocycles. The van der Waals surface area contributed by atoms with Gasteiger partial charge < -0.3 is 4.55 Å². The fourth-order valence-electron chi connectivity index (χ4n) is 2.24. The Morgan fingerprint density at radius 2 is 1.06 bits per heavy atom. The number of hydrogen-bond acceptors (Lipinski definition) is 7. The molecule has 11 heteroatoms. The molecule has 0 radical (unpaired) electrons. The summed E-state index contributed by atoms with van der Waals surface area (Å²) in [6, 6.07) is 19.3. The van der Waals surface area contributed by atoms with Crippen molar-refractivity contribution in [3.8, 4) is 0 Å². The fraction of sp³-hybridized carbons (Fsp3) is 0.100. The van der Waals surface area contributed by atoms with Crippen LogP contribution in [0.2, 0.25) is 0 Å². The normalized spacial score (nSPS) is 10.7. The summed E-state index contributed by atoms with van der Waals surface area (Å²) >= 11 is 0.00313. The van der Waals surface area contributed by atoms with E-state index in [1.807, 2.05) is 0 Å². The van der Waals surface area contributed by atoms with Crippen LogP contribution < -0.4 is 21.2 Å². The van der Waals surface area contributed by atoms with E-state index in [9.17, 15) is 33.2 Å². The molecule has 0 aromatic heterocycles. The lowest BCUT2D eigenvalue weighted by atomic mass is 10.2. The van der Waals surface area contributed by atoms with E-state index in [1.54, 1.807) is 0 Å².